The van der Waals surface area contributed by atoms with Crippen molar-refractivity contribution in [2.45, 2.75) is 36.7 Å². The molecule has 2 aromatic rings. The maximum atomic E-state index is 13.2. The average molecular weight is 391 g/mol. The Morgan fingerprint density at radius 3 is 2.89 bits per heavy atom. The Labute approximate surface area is 157 Å². The number of ether oxygens (including phenoxy) is 1. The molecule has 1 saturated carbocycles. The highest BCUT2D eigenvalue weighted by Crippen LogP contribution is 2.27. The first-order chi connectivity index (χ1) is 13.0. The SMILES string of the molecule is Cc1ccc(S(=O)(=O)NC2CC2)cc1C(=O)N1CCOCC1c1ncn[nH]1. The minimum atomic E-state index is -3.63. The molecule has 10 heteroatoms. The molecule has 1 saturated heterocycles. The summed E-state index contributed by atoms with van der Waals surface area (Å²) >= 11 is 0. The highest BCUT2D eigenvalue weighted by molar-refractivity contribution is 7.89. The van der Waals surface area contributed by atoms with E-state index in [0.29, 0.717) is 36.7 Å². The van der Waals surface area contributed by atoms with Gasteiger partial charge in [0.05, 0.1) is 18.1 Å². The summed E-state index contributed by atoms with van der Waals surface area (Å²) in [5.41, 5.74) is 1.08. The Balaban J connectivity index is 1.65. The van der Waals surface area contributed by atoms with Crippen LogP contribution < -0.4 is 4.72 Å². The molecule has 9 nitrogen and oxygen atoms in total. The van der Waals surface area contributed by atoms with E-state index in [0.717, 1.165) is 12.8 Å². The molecule has 1 aromatic carbocycles. The number of morpholine rings is 1. The zero-order valence-corrected chi connectivity index (χ0v) is 15.7. The van der Waals surface area contributed by atoms with Crippen molar-refractivity contribution in [1.29, 1.82) is 0 Å². The maximum absolute atomic E-state index is 13.2. The summed E-state index contributed by atoms with van der Waals surface area (Å²) in [6.07, 6.45) is 3.08. The van der Waals surface area contributed by atoms with Gasteiger partial charge < -0.3 is 9.64 Å². The predicted molar refractivity (Wildman–Crippen MR) is 95.5 cm³/mol. The summed E-state index contributed by atoms with van der Waals surface area (Å²) in [6, 6.07) is 4.27. The lowest BCUT2D eigenvalue weighted by molar-refractivity contribution is -0.00517. The van der Waals surface area contributed by atoms with Crippen molar-refractivity contribution in [3.05, 3.63) is 41.5 Å². The molecule has 2 N–H and O–H groups in total. The topological polar surface area (TPSA) is 117 Å². The van der Waals surface area contributed by atoms with Crippen molar-refractivity contribution >= 4 is 15.9 Å². The molecule has 1 unspecified atom stereocenters. The molecule has 1 aliphatic heterocycles. The lowest BCUT2D eigenvalue weighted by atomic mass is 10.1. The van der Waals surface area contributed by atoms with Crippen molar-refractivity contribution in [2.24, 2.45) is 0 Å². The van der Waals surface area contributed by atoms with Gasteiger partial charge >= 0.3 is 0 Å². The second-order valence-corrected chi connectivity index (χ2v) is 8.55. The lowest BCUT2D eigenvalue weighted by Gasteiger charge is -2.34. The first-order valence-corrected chi connectivity index (χ1v) is 10.3. The van der Waals surface area contributed by atoms with Gasteiger partial charge in [-0.2, -0.15) is 5.10 Å². The van der Waals surface area contributed by atoms with Crippen LogP contribution in [-0.4, -0.2) is 60.2 Å². The van der Waals surface area contributed by atoms with E-state index >= 15 is 0 Å². The van der Waals surface area contributed by atoms with Crippen molar-refractivity contribution in [2.75, 3.05) is 19.8 Å². The highest BCUT2D eigenvalue weighted by Gasteiger charge is 2.33. The maximum Gasteiger partial charge on any atom is 0.254 e. The molecule has 2 fully saturated rings. The van der Waals surface area contributed by atoms with Crippen molar-refractivity contribution < 1.29 is 17.9 Å². The number of aryl methyl sites for hydroxylation is 1. The Morgan fingerprint density at radius 2 is 2.19 bits per heavy atom. The standard InChI is InChI=1S/C17H21N5O4S/c1-11-2-5-13(27(24,25)21-12-3-4-12)8-14(11)17(23)22-6-7-26-9-15(22)16-18-10-19-20-16/h2,5,8,10,12,15,21H,3-4,6-7,9H2,1H3,(H,18,19,20). The Bertz CT molecular complexity index is 940. The fourth-order valence-electron chi connectivity index (χ4n) is 3.09. The monoisotopic (exact) mass is 391 g/mol. The largest absolute Gasteiger partial charge is 0.377 e. The summed E-state index contributed by atoms with van der Waals surface area (Å²) in [5.74, 6) is 0.292. The Morgan fingerprint density at radius 1 is 1.37 bits per heavy atom. The smallest absolute Gasteiger partial charge is 0.254 e. The number of hydrogen-bond acceptors (Lipinski definition) is 6. The summed E-state index contributed by atoms with van der Waals surface area (Å²) in [4.78, 5) is 19.1. The van der Waals surface area contributed by atoms with Gasteiger partial charge in [-0.1, -0.05) is 6.07 Å². The Hall–Kier alpha value is -2.30. The number of benzene rings is 1. The quantitative estimate of drug-likeness (QED) is 0.777. The number of rotatable bonds is 5. The first-order valence-electron chi connectivity index (χ1n) is 8.82. The van der Waals surface area contributed by atoms with Crippen LogP contribution in [0.2, 0.25) is 0 Å². The van der Waals surface area contributed by atoms with Gasteiger partial charge in [0.1, 0.15) is 18.2 Å². The molecule has 1 amide bonds. The van der Waals surface area contributed by atoms with Crippen LogP contribution in [0, 0.1) is 6.92 Å². The minimum absolute atomic E-state index is 0.00512. The highest BCUT2D eigenvalue weighted by atomic mass is 32.2. The van der Waals surface area contributed by atoms with E-state index in [9.17, 15) is 13.2 Å². The number of H-pyrrole nitrogens is 1. The normalized spacial score (nSPS) is 20.6. The van der Waals surface area contributed by atoms with E-state index < -0.39 is 16.1 Å². The summed E-state index contributed by atoms with van der Waals surface area (Å²) in [6.45, 7) is 2.90. The number of amides is 1. The summed E-state index contributed by atoms with van der Waals surface area (Å²) < 4.78 is 33.2. The fourth-order valence-corrected chi connectivity index (χ4v) is 4.42. The van der Waals surface area contributed by atoms with Gasteiger partial charge in [0.25, 0.3) is 5.91 Å². The average Bonchev–Trinajstić information content (AvgIpc) is 3.29. The predicted octanol–water partition coefficient (Wildman–Crippen LogP) is 0.768. The third-order valence-corrected chi connectivity index (χ3v) is 6.31. The van der Waals surface area contributed by atoms with E-state index in [1.165, 1.54) is 18.5 Å². The molecular formula is C17H21N5O4S. The zero-order valence-electron chi connectivity index (χ0n) is 14.9. The molecule has 0 bridgehead atoms. The van der Waals surface area contributed by atoms with Crippen molar-refractivity contribution in [3.63, 3.8) is 0 Å². The molecule has 1 aromatic heterocycles. The molecule has 0 spiro atoms. The van der Waals surface area contributed by atoms with E-state index in [4.69, 9.17) is 4.74 Å². The van der Waals surface area contributed by atoms with Gasteiger partial charge in [-0.15, -0.1) is 0 Å². The zero-order chi connectivity index (χ0) is 19.0. The van der Waals surface area contributed by atoms with E-state index in [2.05, 4.69) is 19.9 Å². The fraction of sp³-hybridized carbons (Fsp3) is 0.471. The molecule has 1 aliphatic carbocycles. The van der Waals surface area contributed by atoms with Gasteiger partial charge in [0.2, 0.25) is 10.0 Å². The number of carbonyl (C=O) groups is 1. The van der Waals surface area contributed by atoms with Crippen LogP contribution in [-0.2, 0) is 14.8 Å². The third kappa shape index (κ3) is 3.73. The van der Waals surface area contributed by atoms with E-state index in [1.807, 2.05) is 0 Å². The minimum Gasteiger partial charge on any atom is -0.377 e. The number of aromatic nitrogens is 3. The molecular weight excluding hydrogens is 370 g/mol. The molecule has 0 radical (unpaired) electrons. The first kappa shape index (κ1) is 18.1. The van der Waals surface area contributed by atoms with Crippen molar-refractivity contribution in [1.82, 2.24) is 24.8 Å². The second-order valence-electron chi connectivity index (χ2n) is 6.83. The summed E-state index contributed by atoms with van der Waals surface area (Å²) in [5, 5.41) is 6.63. The number of carbonyl (C=O) groups excluding carboxylic acids is 1. The molecule has 2 aliphatic rings. The van der Waals surface area contributed by atoms with Gasteiger partial charge in [0, 0.05) is 18.2 Å². The second kappa shape index (κ2) is 7.02. The van der Waals surface area contributed by atoms with Crippen LogP contribution in [0.25, 0.3) is 0 Å². The molecule has 27 heavy (non-hydrogen) atoms. The van der Waals surface area contributed by atoms with Crippen LogP contribution in [0.4, 0.5) is 0 Å². The van der Waals surface area contributed by atoms with E-state index in [1.54, 1.807) is 17.9 Å². The summed E-state index contributed by atoms with van der Waals surface area (Å²) in [7, 11) is -3.63. The molecule has 144 valence electrons. The molecule has 1 atom stereocenters. The number of nitrogens with one attached hydrogen (secondary N) is 2. The van der Waals surface area contributed by atoms with Gasteiger partial charge in [-0.25, -0.2) is 18.1 Å². The number of sulfonamides is 1. The number of nitrogens with zero attached hydrogens (tertiary/aromatic N) is 3. The van der Waals surface area contributed by atoms with Gasteiger partial charge in [0.15, 0.2) is 0 Å². The Kier molecular flexibility index (Phi) is 4.70. The van der Waals surface area contributed by atoms with Crippen LogP contribution in [0.3, 0.4) is 0 Å². The molecule has 2 heterocycles. The van der Waals surface area contributed by atoms with Crippen LogP contribution in [0.15, 0.2) is 29.4 Å². The molecule has 4 rings (SSSR count). The third-order valence-electron chi connectivity index (χ3n) is 4.79. The number of aromatic amines is 1. The van der Waals surface area contributed by atoms with Gasteiger partial charge in [-0.3, -0.25) is 9.89 Å². The van der Waals surface area contributed by atoms with Gasteiger partial charge in [-0.05, 0) is 37.5 Å². The van der Waals surface area contributed by atoms with Crippen LogP contribution >= 0.6 is 0 Å². The van der Waals surface area contributed by atoms with Crippen molar-refractivity contribution in [3.8, 4) is 0 Å². The number of hydrogen-bond donors (Lipinski definition) is 2. The van der Waals surface area contributed by atoms with Crippen LogP contribution in [0.1, 0.15) is 40.6 Å². The van der Waals surface area contributed by atoms with Crippen LogP contribution in [0.5, 0.6) is 0 Å². The lowest BCUT2D eigenvalue weighted by Crippen LogP contribution is -2.44. The van der Waals surface area contributed by atoms with E-state index in [-0.39, 0.29) is 16.8 Å².